The minimum Gasteiger partial charge on any atom is -0.311 e. The number of aromatic nitrogens is 1. The molecule has 0 aliphatic rings. The number of benzene rings is 11. The molecule has 1 heterocycles. The highest BCUT2D eigenvalue weighted by atomic mass is 15.1. The van der Waals surface area contributed by atoms with E-state index in [2.05, 4.69) is 264 Å². The third kappa shape index (κ3) is 6.61. The van der Waals surface area contributed by atoms with Gasteiger partial charge in [-0.15, -0.1) is 0 Å². The van der Waals surface area contributed by atoms with Crippen LogP contribution in [0, 0.1) is 0 Å². The smallest absolute Gasteiger partial charge is 0.0541 e. The molecule has 0 aliphatic heterocycles. The number of anilines is 3. The molecule has 0 saturated heterocycles. The highest BCUT2D eigenvalue weighted by molar-refractivity contribution is 6.10. The van der Waals surface area contributed by atoms with Gasteiger partial charge in [0.05, 0.1) is 11.0 Å². The van der Waals surface area contributed by atoms with Crippen molar-refractivity contribution < 1.29 is 0 Å². The molecule has 12 aromatic rings. The van der Waals surface area contributed by atoms with E-state index in [0.717, 1.165) is 22.7 Å². The van der Waals surface area contributed by atoms with Crippen molar-refractivity contribution in [2.75, 3.05) is 4.90 Å². The average molecular weight is 815 g/mol. The van der Waals surface area contributed by atoms with Gasteiger partial charge < -0.3 is 9.47 Å². The monoisotopic (exact) mass is 814 g/mol. The van der Waals surface area contributed by atoms with Crippen LogP contribution in [0.15, 0.2) is 255 Å². The van der Waals surface area contributed by atoms with Crippen molar-refractivity contribution in [1.82, 2.24) is 4.57 Å². The standard InChI is InChI=1S/C62H42N2/c1-2-12-43(13-3-1)44-24-33-51(34-25-44)63(53-37-28-48(29-38-53)57-21-10-16-46-14-4-6-18-55(46)57)52-35-26-45(27-36-52)50-32-41-62-60(42-50)59-20-8-9-23-61(59)64(62)54-39-30-49(31-40-54)58-22-11-17-47-15-5-7-19-56(47)58/h1-42H. The topological polar surface area (TPSA) is 8.17 Å². The van der Waals surface area contributed by atoms with Crippen LogP contribution in [0.5, 0.6) is 0 Å². The molecule has 2 nitrogen and oxygen atoms in total. The third-order valence-electron chi connectivity index (χ3n) is 12.8. The minimum atomic E-state index is 1.10. The molecule has 12 rings (SSSR count). The van der Waals surface area contributed by atoms with Gasteiger partial charge in [-0.3, -0.25) is 0 Å². The van der Waals surface area contributed by atoms with Crippen LogP contribution < -0.4 is 4.90 Å². The van der Waals surface area contributed by atoms with Crippen LogP contribution in [0.1, 0.15) is 0 Å². The van der Waals surface area contributed by atoms with Crippen LogP contribution in [-0.4, -0.2) is 4.57 Å². The first-order chi connectivity index (χ1) is 31.7. The van der Waals surface area contributed by atoms with Crippen LogP contribution in [-0.2, 0) is 0 Å². The molecule has 0 spiro atoms. The lowest BCUT2D eigenvalue weighted by molar-refractivity contribution is 1.18. The van der Waals surface area contributed by atoms with Gasteiger partial charge in [0.2, 0.25) is 0 Å². The molecule has 1 aromatic heterocycles. The van der Waals surface area contributed by atoms with E-state index >= 15 is 0 Å². The summed E-state index contributed by atoms with van der Waals surface area (Å²) in [6, 6.07) is 92.6. The molecule has 0 N–H and O–H groups in total. The van der Waals surface area contributed by atoms with E-state index in [1.165, 1.54) is 87.9 Å². The van der Waals surface area contributed by atoms with Crippen molar-refractivity contribution in [3.8, 4) is 50.2 Å². The maximum atomic E-state index is 2.40. The molecule has 0 fully saturated rings. The van der Waals surface area contributed by atoms with E-state index in [1.54, 1.807) is 0 Å². The van der Waals surface area contributed by atoms with Gasteiger partial charge in [0.15, 0.2) is 0 Å². The van der Waals surface area contributed by atoms with Gasteiger partial charge in [0.25, 0.3) is 0 Å². The van der Waals surface area contributed by atoms with Crippen molar-refractivity contribution in [3.63, 3.8) is 0 Å². The summed E-state index contributed by atoms with van der Waals surface area (Å²) >= 11 is 0. The van der Waals surface area contributed by atoms with Crippen LogP contribution in [0.2, 0.25) is 0 Å². The fraction of sp³-hybridized carbons (Fsp3) is 0. The second-order valence-electron chi connectivity index (χ2n) is 16.5. The summed E-state index contributed by atoms with van der Waals surface area (Å²) in [5.74, 6) is 0. The molecule has 0 bridgehead atoms. The fourth-order valence-electron chi connectivity index (χ4n) is 9.65. The zero-order valence-corrected chi connectivity index (χ0v) is 35.1. The zero-order chi connectivity index (χ0) is 42.4. The Labute approximate surface area is 373 Å². The average Bonchev–Trinajstić information content (AvgIpc) is 3.71. The highest BCUT2D eigenvalue weighted by Crippen LogP contribution is 2.40. The Bertz CT molecular complexity index is 3610. The normalized spacial score (nSPS) is 11.4. The van der Waals surface area contributed by atoms with Gasteiger partial charge in [0.1, 0.15) is 0 Å². The fourth-order valence-corrected chi connectivity index (χ4v) is 9.65. The molecule has 0 saturated carbocycles. The van der Waals surface area contributed by atoms with Gasteiger partial charge in [-0.2, -0.15) is 0 Å². The molecular weight excluding hydrogens is 773 g/mol. The lowest BCUT2D eigenvalue weighted by Gasteiger charge is -2.26. The minimum absolute atomic E-state index is 1.10. The third-order valence-corrected chi connectivity index (χ3v) is 12.8. The molecule has 0 radical (unpaired) electrons. The maximum absolute atomic E-state index is 2.40. The van der Waals surface area contributed by atoms with Gasteiger partial charge in [-0.1, -0.05) is 188 Å². The molecule has 64 heavy (non-hydrogen) atoms. The summed E-state index contributed by atoms with van der Waals surface area (Å²) in [6.07, 6.45) is 0. The van der Waals surface area contributed by atoms with Crippen LogP contribution in [0.3, 0.4) is 0 Å². The van der Waals surface area contributed by atoms with Crippen molar-refractivity contribution in [2.24, 2.45) is 0 Å². The van der Waals surface area contributed by atoms with E-state index in [1.807, 2.05) is 0 Å². The van der Waals surface area contributed by atoms with Crippen LogP contribution >= 0.6 is 0 Å². The SMILES string of the molecule is c1ccc(-c2ccc(N(c3ccc(-c4ccc5c(c4)c4ccccc4n5-c4ccc(-c5cccc6ccccc56)cc4)cc3)c3ccc(-c4cccc5ccccc45)cc3)cc2)cc1. The number of hydrogen-bond acceptors (Lipinski definition) is 1. The van der Waals surface area contributed by atoms with E-state index < -0.39 is 0 Å². The largest absolute Gasteiger partial charge is 0.311 e. The van der Waals surface area contributed by atoms with Gasteiger partial charge in [0, 0.05) is 33.5 Å². The first-order valence-electron chi connectivity index (χ1n) is 22.0. The van der Waals surface area contributed by atoms with Crippen molar-refractivity contribution in [2.45, 2.75) is 0 Å². The van der Waals surface area contributed by atoms with E-state index in [9.17, 15) is 0 Å². The first-order valence-corrected chi connectivity index (χ1v) is 22.0. The van der Waals surface area contributed by atoms with Gasteiger partial charge in [-0.25, -0.2) is 0 Å². The van der Waals surface area contributed by atoms with E-state index in [0.29, 0.717) is 0 Å². The lowest BCUT2D eigenvalue weighted by Crippen LogP contribution is -2.09. The molecule has 2 heteroatoms. The summed E-state index contributed by atoms with van der Waals surface area (Å²) in [5.41, 5.74) is 16.5. The molecular formula is C62H42N2. The quantitative estimate of drug-likeness (QED) is 0.148. The summed E-state index contributed by atoms with van der Waals surface area (Å²) < 4.78 is 2.40. The molecule has 300 valence electrons. The number of fused-ring (bicyclic) bond motifs is 5. The second kappa shape index (κ2) is 15.8. The van der Waals surface area contributed by atoms with Crippen molar-refractivity contribution in [3.05, 3.63) is 255 Å². The number of rotatable bonds is 8. The second-order valence-corrected chi connectivity index (χ2v) is 16.5. The summed E-state index contributed by atoms with van der Waals surface area (Å²) in [7, 11) is 0. The van der Waals surface area contributed by atoms with Crippen molar-refractivity contribution in [1.29, 1.82) is 0 Å². The van der Waals surface area contributed by atoms with E-state index in [4.69, 9.17) is 0 Å². The number of nitrogens with zero attached hydrogens (tertiary/aromatic N) is 2. The lowest BCUT2D eigenvalue weighted by atomic mass is 9.98. The predicted molar refractivity (Wildman–Crippen MR) is 272 cm³/mol. The Morgan fingerprint density at radius 3 is 1.23 bits per heavy atom. The molecule has 0 amide bonds. The van der Waals surface area contributed by atoms with Gasteiger partial charge >= 0.3 is 0 Å². The Kier molecular flexibility index (Phi) is 9.20. The van der Waals surface area contributed by atoms with Crippen molar-refractivity contribution >= 4 is 60.4 Å². The summed E-state index contributed by atoms with van der Waals surface area (Å²) in [5, 5.41) is 7.51. The Morgan fingerprint density at radius 2 is 0.656 bits per heavy atom. The van der Waals surface area contributed by atoms with Crippen LogP contribution in [0.4, 0.5) is 17.1 Å². The summed E-state index contributed by atoms with van der Waals surface area (Å²) in [4.78, 5) is 2.35. The number of hydrogen-bond donors (Lipinski definition) is 0. The Hall–Kier alpha value is -8.46. The molecule has 11 aromatic carbocycles. The molecule has 0 aliphatic carbocycles. The first kappa shape index (κ1) is 37.3. The predicted octanol–water partition coefficient (Wildman–Crippen LogP) is 17.2. The Balaban J connectivity index is 0.899. The zero-order valence-electron chi connectivity index (χ0n) is 35.1. The molecule has 0 unspecified atom stereocenters. The summed E-state index contributed by atoms with van der Waals surface area (Å²) in [6.45, 7) is 0. The van der Waals surface area contributed by atoms with Crippen LogP contribution in [0.25, 0.3) is 93.5 Å². The Morgan fingerprint density at radius 1 is 0.250 bits per heavy atom. The van der Waals surface area contributed by atoms with E-state index in [-0.39, 0.29) is 0 Å². The molecule has 0 atom stereocenters. The highest BCUT2D eigenvalue weighted by Gasteiger charge is 2.17. The maximum Gasteiger partial charge on any atom is 0.0541 e. The number of para-hydroxylation sites is 1. The van der Waals surface area contributed by atoms with Gasteiger partial charge in [-0.05, 0) is 133 Å².